The van der Waals surface area contributed by atoms with Crippen molar-refractivity contribution in [2.45, 2.75) is 17.9 Å². The average molecular weight is 288 g/mol. The molecule has 1 aromatic carbocycles. The smallest absolute Gasteiger partial charge is 0.240 e. The monoisotopic (exact) mass is 288 g/mol. The maximum absolute atomic E-state index is 12.1. The molecule has 4 nitrogen and oxygen atoms in total. The van der Waals surface area contributed by atoms with Gasteiger partial charge in [0.1, 0.15) is 0 Å². The number of nitrogens with one attached hydrogen (secondary N) is 2. The molecule has 0 unspecified atom stereocenters. The lowest BCUT2D eigenvalue weighted by Crippen LogP contribution is -2.26. The van der Waals surface area contributed by atoms with Gasteiger partial charge in [0.25, 0.3) is 0 Å². The molecule has 2 N–H and O–H groups in total. The van der Waals surface area contributed by atoms with Crippen LogP contribution in [0.1, 0.15) is 12.0 Å². The van der Waals surface area contributed by atoms with Crippen LogP contribution in [0.25, 0.3) is 0 Å². The molecule has 0 aromatic heterocycles. The maximum Gasteiger partial charge on any atom is 0.240 e. The van der Waals surface area contributed by atoms with E-state index < -0.39 is 10.0 Å². The Morgan fingerprint density at radius 2 is 2.00 bits per heavy atom. The quantitative estimate of drug-likeness (QED) is 0.711. The molecule has 0 amide bonds. The highest BCUT2D eigenvalue weighted by molar-refractivity contribution is 7.98. The normalized spacial score (nSPS) is 11.7. The number of hydrogen-bond donors (Lipinski definition) is 2. The zero-order valence-electron chi connectivity index (χ0n) is 10.8. The first-order chi connectivity index (χ1) is 8.61. The Morgan fingerprint density at radius 1 is 1.28 bits per heavy atom. The largest absolute Gasteiger partial charge is 0.316 e. The van der Waals surface area contributed by atoms with Crippen molar-refractivity contribution in [3.8, 4) is 0 Å². The number of sulfonamides is 1. The van der Waals surface area contributed by atoms with Gasteiger partial charge in [0.2, 0.25) is 10.0 Å². The summed E-state index contributed by atoms with van der Waals surface area (Å²) in [6.07, 6.45) is 2.85. The van der Waals surface area contributed by atoms with Crippen LogP contribution in [0.5, 0.6) is 0 Å². The van der Waals surface area contributed by atoms with Crippen LogP contribution >= 0.6 is 11.8 Å². The van der Waals surface area contributed by atoms with Gasteiger partial charge in [-0.15, -0.1) is 0 Å². The molecule has 0 aliphatic heterocycles. The van der Waals surface area contributed by atoms with Crippen molar-refractivity contribution in [1.82, 2.24) is 10.0 Å². The molecule has 1 rings (SSSR count). The Kier molecular flexibility index (Phi) is 6.70. The summed E-state index contributed by atoms with van der Waals surface area (Å²) in [6, 6.07) is 7.06. The first-order valence-electron chi connectivity index (χ1n) is 5.83. The van der Waals surface area contributed by atoms with Crippen molar-refractivity contribution in [3.63, 3.8) is 0 Å². The molecule has 0 saturated heterocycles. The van der Waals surface area contributed by atoms with E-state index in [0.717, 1.165) is 17.7 Å². The molecule has 0 fully saturated rings. The Bertz CT molecular complexity index is 461. The molecule has 0 aliphatic rings. The summed E-state index contributed by atoms with van der Waals surface area (Å²) in [5.74, 6) is 0.959. The number of thioether (sulfide) groups is 1. The van der Waals surface area contributed by atoms with Gasteiger partial charge in [-0.2, -0.15) is 11.8 Å². The van der Waals surface area contributed by atoms with Crippen LogP contribution in [-0.2, 0) is 16.6 Å². The zero-order chi connectivity index (χ0) is 13.4. The van der Waals surface area contributed by atoms with Gasteiger partial charge >= 0.3 is 0 Å². The second kappa shape index (κ2) is 7.78. The standard InChI is InChI=1S/C12H20N2O2S2/c1-13-10-11-6-3-4-7-12(11)18(15,16)14-8-5-9-17-2/h3-4,6-7,13-14H,5,8-10H2,1-2H3. The fraction of sp³-hybridized carbons (Fsp3) is 0.500. The van der Waals surface area contributed by atoms with Gasteiger partial charge in [-0.25, -0.2) is 13.1 Å². The summed E-state index contributed by atoms with van der Waals surface area (Å²) in [4.78, 5) is 0.364. The van der Waals surface area contributed by atoms with Crippen LogP contribution in [0.4, 0.5) is 0 Å². The molecule has 0 atom stereocenters. The third-order valence-corrected chi connectivity index (χ3v) is 4.71. The van der Waals surface area contributed by atoms with Gasteiger partial charge in [0.15, 0.2) is 0 Å². The summed E-state index contributed by atoms with van der Waals surface area (Å²) < 4.78 is 26.9. The predicted molar refractivity (Wildman–Crippen MR) is 77.4 cm³/mol. The first-order valence-corrected chi connectivity index (χ1v) is 8.70. The second-order valence-electron chi connectivity index (χ2n) is 3.88. The van der Waals surface area contributed by atoms with Crippen LogP contribution in [0.2, 0.25) is 0 Å². The lowest BCUT2D eigenvalue weighted by atomic mass is 10.2. The fourth-order valence-electron chi connectivity index (χ4n) is 1.60. The van der Waals surface area contributed by atoms with E-state index in [1.165, 1.54) is 0 Å². The van der Waals surface area contributed by atoms with Crippen LogP contribution in [-0.4, -0.2) is 34.0 Å². The number of rotatable bonds is 8. The lowest BCUT2D eigenvalue weighted by molar-refractivity contribution is 0.579. The van der Waals surface area contributed by atoms with E-state index in [4.69, 9.17) is 0 Å². The van der Waals surface area contributed by atoms with Gasteiger partial charge in [0, 0.05) is 13.1 Å². The second-order valence-corrected chi connectivity index (χ2v) is 6.60. The van der Waals surface area contributed by atoms with Gasteiger partial charge in [0.05, 0.1) is 4.90 Å². The molecule has 0 bridgehead atoms. The Morgan fingerprint density at radius 3 is 2.67 bits per heavy atom. The first kappa shape index (κ1) is 15.5. The minimum absolute atomic E-state index is 0.364. The zero-order valence-corrected chi connectivity index (χ0v) is 12.4. The third kappa shape index (κ3) is 4.61. The molecule has 1 aromatic rings. The molecule has 0 spiro atoms. The number of benzene rings is 1. The molecular formula is C12H20N2O2S2. The van der Waals surface area contributed by atoms with Crippen molar-refractivity contribution < 1.29 is 8.42 Å². The molecule has 0 radical (unpaired) electrons. The Hall–Kier alpha value is -0.560. The van der Waals surface area contributed by atoms with Gasteiger partial charge in [-0.3, -0.25) is 0 Å². The summed E-state index contributed by atoms with van der Waals surface area (Å²) >= 11 is 1.71. The average Bonchev–Trinajstić information content (AvgIpc) is 2.36. The minimum atomic E-state index is -3.39. The topological polar surface area (TPSA) is 58.2 Å². The Balaban J connectivity index is 2.77. The van der Waals surface area contributed by atoms with E-state index in [2.05, 4.69) is 10.0 Å². The summed E-state index contributed by atoms with van der Waals surface area (Å²) in [5.41, 5.74) is 0.789. The molecule has 18 heavy (non-hydrogen) atoms. The molecule has 6 heteroatoms. The van der Waals surface area contributed by atoms with E-state index in [1.54, 1.807) is 30.9 Å². The maximum atomic E-state index is 12.1. The minimum Gasteiger partial charge on any atom is -0.316 e. The van der Waals surface area contributed by atoms with Crippen molar-refractivity contribution in [2.75, 3.05) is 25.6 Å². The van der Waals surface area contributed by atoms with Crippen molar-refractivity contribution in [2.24, 2.45) is 0 Å². The van der Waals surface area contributed by atoms with Crippen molar-refractivity contribution in [3.05, 3.63) is 29.8 Å². The Labute approximate surface area is 114 Å². The molecule has 0 saturated carbocycles. The summed E-state index contributed by atoms with van der Waals surface area (Å²) in [5, 5.41) is 2.98. The van der Waals surface area contributed by atoms with Crippen molar-refractivity contribution in [1.29, 1.82) is 0 Å². The lowest BCUT2D eigenvalue weighted by Gasteiger charge is -2.11. The predicted octanol–water partition coefficient (Wildman–Crippen LogP) is 1.44. The van der Waals surface area contributed by atoms with E-state index in [9.17, 15) is 8.42 Å². The highest BCUT2D eigenvalue weighted by atomic mass is 32.2. The summed E-state index contributed by atoms with van der Waals surface area (Å²) in [7, 11) is -1.59. The highest BCUT2D eigenvalue weighted by Crippen LogP contribution is 2.15. The molecule has 102 valence electrons. The highest BCUT2D eigenvalue weighted by Gasteiger charge is 2.16. The molecular weight excluding hydrogens is 268 g/mol. The van der Waals surface area contributed by atoms with Crippen LogP contribution in [0.15, 0.2) is 29.2 Å². The van der Waals surface area contributed by atoms with Crippen molar-refractivity contribution >= 4 is 21.8 Å². The molecule has 0 heterocycles. The van der Waals surface area contributed by atoms with E-state index in [-0.39, 0.29) is 0 Å². The third-order valence-electron chi connectivity index (χ3n) is 2.45. The summed E-state index contributed by atoms with van der Waals surface area (Å²) in [6.45, 7) is 1.03. The van der Waals surface area contributed by atoms with Crippen LogP contribution in [0, 0.1) is 0 Å². The SMILES string of the molecule is CNCc1ccccc1S(=O)(=O)NCCCSC. The number of hydrogen-bond acceptors (Lipinski definition) is 4. The molecule has 0 aliphatic carbocycles. The van der Waals surface area contributed by atoms with Gasteiger partial charge in [-0.05, 0) is 37.1 Å². The van der Waals surface area contributed by atoms with Gasteiger partial charge < -0.3 is 5.32 Å². The van der Waals surface area contributed by atoms with Crippen LogP contribution < -0.4 is 10.0 Å². The van der Waals surface area contributed by atoms with E-state index >= 15 is 0 Å². The fourth-order valence-corrected chi connectivity index (χ4v) is 3.35. The van der Waals surface area contributed by atoms with Gasteiger partial charge in [-0.1, -0.05) is 18.2 Å². The van der Waals surface area contributed by atoms with Crippen LogP contribution in [0.3, 0.4) is 0 Å². The van der Waals surface area contributed by atoms with E-state index in [1.807, 2.05) is 18.4 Å². The van der Waals surface area contributed by atoms with E-state index in [0.29, 0.717) is 18.0 Å².